The fourth-order valence-corrected chi connectivity index (χ4v) is 2.85. The predicted octanol–water partition coefficient (Wildman–Crippen LogP) is -1.33. The molecule has 2 fully saturated rings. The maximum Gasteiger partial charge on any atom is 0.176 e. The molecule has 0 radical (unpaired) electrons. The maximum absolute atomic E-state index is 12.1. The van der Waals surface area contributed by atoms with Crippen LogP contribution in [0.2, 0.25) is 0 Å². The average molecular weight is 309 g/mol. The Bertz CT molecular complexity index is 538. The first-order chi connectivity index (χ1) is 10.6. The molecule has 1 unspecified atom stereocenters. The number of fused-ring (bicyclic) bond motifs is 2. The van der Waals surface area contributed by atoms with Gasteiger partial charge < -0.3 is 24.8 Å². The highest BCUT2D eigenvalue weighted by Crippen LogP contribution is 2.36. The standard InChI is InChI=1S/C15H19NO6/c17-7-15-8-21-14(22-15)11(12(19)13(15)20)16-6-10(18)9-4-2-1-3-5-9/h1-5,11-14,16-17,19-20H,6-8H2/t11-,12-,13-,14?,15+/m1/s1. The van der Waals surface area contributed by atoms with E-state index in [4.69, 9.17) is 9.47 Å². The van der Waals surface area contributed by atoms with Gasteiger partial charge in [-0.2, -0.15) is 0 Å². The van der Waals surface area contributed by atoms with E-state index in [0.29, 0.717) is 5.56 Å². The Labute approximate surface area is 127 Å². The number of aliphatic hydroxyl groups excluding tert-OH is 3. The lowest BCUT2D eigenvalue weighted by atomic mass is 9.88. The van der Waals surface area contributed by atoms with E-state index in [1.807, 2.05) is 6.07 Å². The molecule has 2 aliphatic heterocycles. The minimum Gasteiger partial charge on any atom is -0.393 e. The third kappa shape index (κ3) is 2.56. The molecule has 2 aliphatic rings. The van der Waals surface area contributed by atoms with Crippen LogP contribution in [0.1, 0.15) is 10.4 Å². The van der Waals surface area contributed by atoms with Crippen LogP contribution in [0.4, 0.5) is 0 Å². The summed E-state index contributed by atoms with van der Waals surface area (Å²) < 4.78 is 10.9. The first-order valence-electron chi connectivity index (χ1n) is 7.15. The SMILES string of the molecule is O=C(CN[C@H]1C2OC[C@](CO)(O2)[C@H](O)[C@@H]1O)c1ccccc1. The predicted molar refractivity (Wildman–Crippen MR) is 75.2 cm³/mol. The molecule has 0 spiro atoms. The number of hydrogen-bond donors (Lipinski definition) is 4. The quantitative estimate of drug-likeness (QED) is 0.499. The van der Waals surface area contributed by atoms with Gasteiger partial charge in [0.2, 0.25) is 0 Å². The summed E-state index contributed by atoms with van der Waals surface area (Å²) in [5, 5.41) is 32.6. The first kappa shape index (κ1) is 15.5. The van der Waals surface area contributed by atoms with Crippen molar-refractivity contribution in [1.29, 1.82) is 0 Å². The smallest absolute Gasteiger partial charge is 0.176 e. The minimum absolute atomic E-state index is 0.00277. The number of ketones is 1. The fraction of sp³-hybridized carbons (Fsp3) is 0.533. The van der Waals surface area contributed by atoms with Crippen LogP contribution in [0, 0.1) is 0 Å². The largest absolute Gasteiger partial charge is 0.393 e. The molecule has 4 N–H and O–H groups in total. The van der Waals surface area contributed by atoms with E-state index in [1.54, 1.807) is 24.3 Å². The molecule has 7 heteroatoms. The topological polar surface area (TPSA) is 108 Å². The van der Waals surface area contributed by atoms with E-state index in [9.17, 15) is 20.1 Å². The number of Topliss-reactive ketones (excluding diaryl/α,β-unsaturated/α-hetero) is 1. The third-order valence-corrected chi connectivity index (χ3v) is 4.23. The fourth-order valence-electron chi connectivity index (χ4n) is 2.85. The Kier molecular flexibility index (Phi) is 4.26. The monoisotopic (exact) mass is 309 g/mol. The second-order valence-electron chi connectivity index (χ2n) is 5.65. The van der Waals surface area contributed by atoms with E-state index in [1.165, 1.54) is 0 Å². The van der Waals surface area contributed by atoms with Gasteiger partial charge in [-0.1, -0.05) is 30.3 Å². The summed E-state index contributed by atoms with van der Waals surface area (Å²) in [4.78, 5) is 12.1. The number of benzene rings is 1. The Balaban J connectivity index is 1.65. The van der Waals surface area contributed by atoms with Crippen LogP contribution >= 0.6 is 0 Å². The van der Waals surface area contributed by atoms with Gasteiger partial charge in [0.25, 0.3) is 0 Å². The lowest BCUT2D eigenvalue weighted by Crippen LogP contribution is -2.66. The Hall–Kier alpha value is -1.35. The zero-order valence-electron chi connectivity index (χ0n) is 11.9. The van der Waals surface area contributed by atoms with Crippen molar-refractivity contribution >= 4 is 5.78 Å². The highest BCUT2D eigenvalue weighted by atomic mass is 16.7. The lowest BCUT2D eigenvalue weighted by molar-refractivity contribution is -0.233. The van der Waals surface area contributed by atoms with Crippen LogP contribution in [-0.2, 0) is 9.47 Å². The van der Waals surface area contributed by atoms with Gasteiger partial charge in [0.1, 0.15) is 17.8 Å². The number of rotatable bonds is 5. The van der Waals surface area contributed by atoms with Crippen LogP contribution in [0.3, 0.4) is 0 Å². The summed E-state index contributed by atoms with van der Waals surface area (Å²) in [5.41, 5.74) is -0.732. The second-order valence-corrected chi connectivity index (χ2v) is 5.65. The number of nitrogens with one attached hydrogen (secondary N) is 1. The molecule has 5 atom stereocenters. The molecule has 0 saturated carbocycles. The van der Waals surface area contributed by atoms with Gasteiger partial charge in [-0.05, 0) is 0 Å². The summed E-state index contributed by atoms with van der Waals surface area (Å²) in [6.45, 7) is -0.470. The summed E-state index contributed by atoms with van der Waals surface area (Å²) in [6, 6.07) is 8.02. The van der Waals surface area contributed by atoms with Crippen molar-refractivity contribution < 1.29 is 29.6 Å². The number of ether oxygens (including phenoxy) is 2. The highest BCUT2D eigenvalue weighted by molar-refractivity contribution is 5.97. The van der Waals surface area contributed by atoms with Crippen molar-refractivity contribution in [3.05, 3.63) is 35.9 Å². The van der Waals surface area contributed by atoms with Crippen LogP contribution in [-0.4, -0.2) is 71.0 Å². The van der Waals surface area contributed by atoms with Crippen molar-refractivity contribution in [2.75, 3.05) is 19.8 Å². The van der Waals surface area contributed by atoms with Gasteiger partial charge in [0, 0.05) is 5.56 Å². The summed E-state index contributed by atoms with van der Waals surface area (Å²) in [6.07, 6.45) is -3.30. The van der Waals surface area contributed by atoms with E-state index in [2.05, 4.69) is 5.32 Å². The normalized spacial score (nSPS) is 37.2. The summed E-state index contributed by atoms with van der Waals surface area (Å²) >= 11 is 0. The van der Waals surface area contributed by atoms with Gasteiger partial charge >= 0.3 is 0 Å². The average Bonchev–Trinajstić information content (AvgIpc) is 2.96. The molecule has 2 heterocycles. The first-order valence-corrected chi connectivity index (χ1v) is 7.15. The van der Waals surface area contributed by atoms with E-state index in [0.717, 1.165) is 0 Å². The van der Waals surface area contributed by atoms with E-state index >= 15 is 0 Å². The summed E-state index contributed by atoms with van der Waals surface area (Å²) in [5.74, 6) is -0.140. The van der Waals surface area contributed by atoms with Gasteiger partial charge in [-0.3, -0.25) is 10.1 Å². The van der Waals surface area contributed by atoms with Crippen LogP contribution in [0.25, 0.3) is 0 Å². The zero-order valence-corrected chi connectivity index (χ0v) is 11.9. The lowest BCUT2D eigenvalue weighted by Gasteiger charge is -2.42. The van der Waals surface area contributed by atoms with E-state index in [-0.39, 0.29) is 18.9 Å². The number of carbonyl (C=O) groups excluding carboxylic acids is 1. The van der Waals surface area contributed by atoms with Gasteiger partial charge in [-0.25, -0.2) is 0 Å². The molecule has 0 amide bonds. The Morgan fingerprint density at radius 3 is 2.73 bits per heavy atom. The molecule has 0 aliphatic carbocycles. The van der Waals surface area contributed by atoms with Crippen LogP contribution in [0.5, 0.6) is 0 Å². The Morgan fingerprint density at radius 1 is 1.32 bits per heavy atom. The Morgan fingerprint density at radius 2 is 2.05 bits per heavy atom. The number of hydrogen-bond acceptors (Lipinski definition) is 7. The van der Waals surface area contributed by atoms with Crippen molar-refractivity contribution in [2.45, 2.75) is 30.1 Å². The van der Waals surface area contributed by atoms with Crippen molar-refractivity contribution in [1.82, 2.24) is 5.32 Å². The number of carbonyl (C=O) groups is 1. The third-order valence-electron chi connectivity index (χ3n) is 4.23. The van der Waals surface area contributed by atoms with Crippen molar-refractivity contribution in [3.8, 4) is 0 Å². The minimum atomic E-state index is -1.29. The maximum atomic E-state index is 12.1. The van der Waals surface area contributed by atoms with Crippen molar-refractivity contribution in [2.24, 2.45) is 0 Å². The molecule has 22 heavy (non-hydrogen) atoms. The molecule has 120 valence electrons. The van der Waals surface area contributed by atoms with Gasteiger partial charge in [0.05, 0.1) is 25.8 Å². The van der Waals surface area contributed by atoms with Crippen LogP contribution < -0.4 is 5.32 Å². The molecule has 7 nitrogen and oxygen atoms in total. The molecule has 0 aromatic heterocycles. The molecule has 2 bridgehead atoms. The number of aliphatic hydroxyl groups is 3. The van der Waals surface area contributed by atoms with Crippen molar-refractivity contribution in [3.63, 3.8) is 0 Å². The van der Waals surface area contributed by atoms with Gasteiger partial charge in [0.15, 0.2) is 12.1 Å². The molecule has 1 aromatic carbocycles. The van der Waals surface area contributed by atoms with E-state index < -0.39 is 36.7 Å². The molecular weight excluding hydrogens is 290 g/mol. The molecule has 2 saturated heterocycles. The summed E-state index contributed by atoms with van der Waals surface area (Å²) in [7, 11) is 0. The van der Waals surface area contributed by atoms with Crippen LogP contribution in [0.15, 0.2) is 30.3 Å². The highest BCUT2D eigenvalue weighted by Gasteiger charge is 2.58. The molecule has 3 rings (SSSR count). The molecule has 1 aromatic rings. The molecular formula is C15H19NO6. The second kappa shape index (κ2) is 6.04. The zero-order chi connectivity index (χ0) is 15.7. The van der Waals surface area contributed by atoms with Gasteiger partial charge in [-0.15, -0.1) is 0 Å².